The van der Waals surface area contributed by atoms with Crippen LogP contribution >= 0.6 is 11.8 Å². The second-order valence-electron chi connectivity index (χ2n) is 8.24. The van der Waals surface area contributed by atoms with E-state index in [2.05, 4.69) is 27.6 Å². The van der Waals surface area contributed by atoms with Crippen molar-refractivity contribution in [1.82, 2.24) is 24.5 Å². The summed E-state index contributed by atoms with van der Waals surface area (Å²) in [5.41, 5.74) is 2.88. The highest BCUT2D eigenvalue weighted by atomic mass is 32.2. The molecule has 0 saturated heterocycles. The lowest BCUT2D eigenvalue weighted by atomic mass is 10.1. The summed E-state index contributed by atoms with van der Waals surface area (Å²) >= 11 is 1.32. The molecule has 7 nitrogen and oxygen atoms in total. The van der Waals surface area contributed by atoms with Gasteiger partial charge in [0.15, 0.2) is 5.16 Å². The van der Waals surface area contributed by atoms with Gasteiger partial charge in [0.2, 0.25) is 11.7 Å². The monoisotopic (exact) mass is 483 g/mol. The number of carbonyl (C=O) groups is 1. The van der Waals surface area contributed by atoms with E-state index in [1.807, 2.05) is 77.2 Å². The minimum Gasteiger partial charge on any atom is -0.355 e. The SMILES string of the molecule is O=C(CSc1nnc2n(Cc3ccccc3)c(=O)c3ccccc3n12)NCCCc1ccccc1. The van der Waals surface area contributed by atoms with Crippen LogP contribution in [0.2, 0.25) is 0 Å². The number of carbonyl (C=O) groups excluding carboxylic acids is 1. The number of para-hydroxylation sites is 1. The average Bonchev–Trinajstić information content (AvgIpc) is 3.33. The van der Waals surface area contributed by atoms with Gasteiger partial charge in [0.1, 0.15) is 0 Å². The Morgan fingerprint density at radius 1 is 0.857 bits per heavy atom. The van der Waals surface area contributed by atoms with E-state index in [1.54, 1.807) is 4.57 Å². The molecule has 5 aromatic rings. The molecule has 0 fully saturated rings. The van der Waals surface area contributed by atoms with E-state index in [1.165, 1.54) is 17.3 Å². The van der Waals surface area contributed by atoms with E-state index in [9.17, 15) is 9.59 Å². The third kappa shape index (κ3) is 5.12. The maximum absolute atomic E-state index is 13.3. The van der Waals surface area contributed by atoms with Gasteiger partial charge in [-0.2, -0.15) is 0 Å². The molecule has 3 aromatic carbocycles. The minimum atomic E-state index is -0.114. The topological polar surface area (TPSA) is 81.3 Å². The van der Waals surface area contributed by atoms with Crippen LogP contribution in [-0.4, -0.2) is 37.4 Å². The number of benzene rings is 3. The number of amides is 1. The molecule has 0 bridgehead atoms. The highest BCUT2D eigenvalue weighted by Crippen LogP contribution is 2.22. The zero-order valence-corrected chi connectivity index (χ0v) is 19.9. The van der Waals surface area contributed by atoms with Crippen molar-refractivity contribution >= 4 is 34.3 Å². The van der Waals surface area contributed by atoms with Gasteiger partial charge in [-0.25, -0.2) is 0 Å². The van der Waals surface area contributed by atoms with Crippen LogP contribution in [0, 0.1) is 0 Å². The Balaban J connectivity index is 1.33. The number of fused-ring (bicyclic) bond motifs is 3. The average molecular weight is 484 g/mol. The molecule has 2 heterocycles. The summed E-state index contributed by atoms with van der Waals surface area (Å²) in [4.78, 5) is 25.7. The van der Waals surface area contributed by atoms with Crippen molar-refractivity contribution in [3.8, 4) is 0 Å². The molecule has 0 aliphatic carbocycles. The summed E-state index contributed by atoms with van der Waals surface area (Å²) in [6.45, 7) is 1.01. The van der Waals surface area contributed by atoms with Crippen LogP contribution < -0.4 is 10.9 Å². The zero-order chi connectivity index (χ0) is 24.0. The molecule has 0 unspecified atom stereocenters. The predicted molar refractivity (Wildman–Crippen MR) is 139 cm³/mol. The quantitative estimate of drug-likeness (QED) is 0.254. The first-order valence-electron chi connectivity index (χ1n) is 11.5. The van der Waals surface area contributed by atoms with Gasteiger partial charge in [0.05, 0.1) is 23.2 Å². The second-order valence-corrected chi connectivity index (χ2v) is 9.18. The largest absolute Gasteiger partial charge is 0.355 e. The summed E-state index contributed by atoms with van der Waals surface area (Å²) in [6.07, 6.45) is 1.80. The fraction of sp³-hybridized carbons (Fsp3) is 0.185. The third-order valence-electron chi connectivity index (χ3n) is 5.80. The van der Waals surface area contributed by atoms with E-state index in [-0.39, 0.29) is 17.2 Å². The first kappa shape index (κ1) is 22.9. The smallest absolute Gasteiger partial charge is 0.263 e. The van der Waals surface area contributed by atoms with E-state index >= 15 is 0 Å². The number of hydrogen-bond acceptors (Lipinski definition) is 5. The molecule has 176 valence electrons. The minimum absolute atomic E-state index is 0.0540. The van der Waals surface area contributed by atoms with E-state index in [0.717, 1.165) is 23.9 Å². The number of nitrogens with one attached hydrogen (secondary N) is 1. The number of nitrogens with zero attached hydrogens (tertiary/aromatic N) is 4. The summed E-state index contributed by atoms with van der Waals surface area (Å²) in [5.74, 6) is 0.628. The summed E-state index contributed by atoms with van der Waals surface area (Å²) in [7, 11) is 0. The number of aromatic nitrogens is 4. The lowest BCUT2D eigenvalue weighted by molar-refractivity contribution is -0.118. The van der Waals surface area contributed by atoms with Gasteiger partial charge < -0.3 is 5.32 Å². The van der Waals surface area contributed by atoms with Gasteiger partial charge in [-0.15, -0.1) is 10.2 Å². The van der Waals surface area contributed by atoms with E-state index < -0.39 is 0 Å². The fourth-order valence-corrected chi connectivity index (χ4v) is 4.85. The lowest BCUT2D eigenvalue weighted by Crippen LogP contribution is -2.26. The fourth-order valence-electron chi connectivity index (χ4n) is 4.08. The van der Waals surface area contributed by atoms with Crippen molar-refractivity contribution in [2.24, 2.45) is 0 Å². The van der Waals surface area contributed by atoms with Gasteiger partial charge in [-0.3, -0.25) is 18.6 Å². The van der Waals surface area contributed by atoms with E-state index in [4.69, 9.17) is 0 Å². The molecule has 1 N–H and O–H groups in total. The van der Waals surface area contributed by atoms with Gasteiger partial charge in [0.25, 0.3) is 5.56 Å². The molecule has 5 rings (SSSR count). The number of hydrogen-bond donors (Lipinski definition) is 1. The summed E-state index contributed by atoms with van der Waals surface area (Å²) in [5, 5.41) is 12.8. The molecule has 0 radical (unpaired) electrons. The normalized spacial score (nSPS) is 11.2. The number of rotatable bonds is 9. The molecule has 0 atom stereocenters. The van der Waals surface area contributed by atoms with Crippen molar-refractivity contribution in [2.45, 2.75) is 24.5 Å². The summed E-state index contributed by atoms with van der Waals surface area (Å²) < 4.78 is 3.51. The van der Waals surface area contributed by atoms with Gasteiger partial charge in [0, 0.05) is 6.54 Å². The maximum Gasteiger partial charge on any atom is 0.263 e. The van der Waals surface area contributed by atoms with Crippen LogP contribution in [-0.2, 0) is 17.8 Å². The Bertz CT molecular complexity index is 1510. The van der Waals surface area contributed by atoms with Crippen LogP contribution in [0.15, 0.2) is 94.9 Å². The lowest BCUT2D eigenvalue weighted by Gasteiger charge is -2.11. The number of aryl methyl sites for hydroxylation is 1. The first-order valence-corrected chi connectivity index (χ1v) is 12.5. The van der Waals surface area contributed by atoms with Crippen molar-refractivity contribution in [3.63, 3.8) is 0 Å². The molecule has 35 heavy (non-hydrogen) atoms. The molecular weight excluding hydrogens is 458 g/mol. The van der Waals surface area contributed by atoms with Crippen LogP contribution in [0.3, 0.4) is 0 Å². The molecular formula is C27H25N5O2S. The molecule has 0 aliphatic rings. The summed E-state index contributed by atoms with van der Waals surface area (Å²) in [6, 6.07) is 27.5. The molecule has 2 aromatic heterocycles. The molecule has 8 heteroatoms. The number of thioether (sulfide) groups is 1. The van der Waals surface area contributed by atoms with Gasteiger partial charge in [-0.1, -0.05) is 84.6 Å². The third-order valence-corrected chi connectivity index (χ3v) is 6.73. The first-order chi connectivity index (χ1) is 17.2. The second kappa shape index (κ2) is 10.6. The predicted octanol–water partition coefficient (Wildman–Crippen LogP) is 3.93. The maximum atomic E-state index is 13.3. The van der Waals surface area contributed by atoms with Gasteiger partial charge >= 0.3 is 0 Å². The van der Waals surface area contributed by atoms with Crippen LogP contribution in [0.1, 0.15) is 17.5 Å². The molecule has 0 spiro atoms. The molecule has 0 aliphatic heterocycles. The Kier molecular flexibility index (Phi) is 6.90. The standard InChI is InChI=1S/C27H25N5O2S/c33-24(28-17-9-14-20-10-3-1-4-11-20)19-35-27-30-29-26-31(18-21-12-5-2-6-13-21)25(34)22-15-7-8-16-23(22)32(26)27/h1-8,10-13,15-16H,9,14,17-19H2,(H,28,33). The van der Waals surface area contributed by atoms with Crippen molar-refractivity contribution in [2.75, 3.05) is 12.3 Å². The van der Waals surface area contributed by atoms with E-state index in [0.29, 0.717) is 29.4 Å². The van der Waals surface area contributed by atoms with Gasteiger partial charge in [-0.05, 0) is 36.1 Å². The van der Waals surface area contributed by atoms with Crippen LogP contribution in [0.4, 0.5) is 0 Å². The Morgan fingerprint density at radius 3 is 2.31 bits per heavy atom. The highest BCUT2D eigenvalue weighted by Gasteiger charge is 2.17. The Morgan fingerprint density at radius 2 is 1.54 bits per heavy atom. The highest BCUT2D eigenvalue weighted by molar-refractivity contribution is 7.99. The Hall–Kier alpha value is -3.91. The van der Waals surface area contributed by atoms with Crippen LogP contribution in [0.5, 0.6) is 0 Å². The Labute approximate surface area is 206 Å². The van der Waals surface area contributed by atoms with Crippen LogP contribution in [0.25, 0.3) is 16.7 Å². The molecule has 0 saturated carbocycles. The zero-order valence-electron chi connectivity index (χ0n) is 19.1. The van der Waals surface area contributed by atoms with Crippen molar-refractivity contribution in [1.29, 1.82) is 0 Å². The van der Waals surface area contributed by atoms with Crippen molar-refractivity contribution in [3.05, 3.63) is 106 Å². The molecule has 1 amide bonds. The van der Waals surface area contributed by atoms with Crippen molar-refractivity contribution < 1.29 is 4.79 Å².